The van der Waals surface area contributed by atoms with Crippen molar-refractivity contribution in [2.75, 3.05) is 27.2 Å². The molecule has 1 aliphatic rings. The average molecular weight is 288 g/mol. The molecule has 1 aromatic rings. The number of aryl methyl sites for hydroxylation is 2. The first-order chi connectivity index (χ1) is 9.90. The van der Waals surface area contributed by atoms with Crippen LogP contribution in [0.5, 0.6) is 0 Å². The van der Waals surface area contributed by atoms with Gasteiger partial charge in [-0.25, -0.2) is 0 Å². The SMILES string of the molecule is Cc1ccc(C)c(C(=O)C(C)N2CCCC2CN(C)C)c1. The number of ketones is 1. The van der Waals surface area contributed by atoms with E-state index >= 15 is 0 Å². The number of carbonyl (C=O) groups excluding carboxylic acids is 1. The van der Waals surface area contributed by atoms with E-state index in [0.29, 0.717) is 6.04 Å². The summed E-state index contributed by atoms with van der Waals surface area (Å²) in [6.45, 7) is 8.21. The Morgan fingerprint density at radius 2 is 2.10 bits per heavy atom. The normalized spacial score (nSPS) is 21.0. The van der Waals surface area contributed by atoms with Crippen molar-refractivity contribution in [1.29, 1.82) is 0 Å². The minimum absolute atomic E-state index is 0.0297. The second kappa shape index (κ2) is 6.71. The molecule has 0 N–H and O–H groups in total. The number of likely N-dealkylation sites (N-methyl/N-ethyl adjacent to an activating group) is 1. The fraction of sp³-hybridized carbons (Fsp3) is 0.611. The van der Waals surface area contributed by atoms with Crippen molar-refractivity contribution in [3.05, 3.63) is 34.9 Å². The lowest BCUT2D eigenvalue weighted by Gasteiger charge is -2.31. The molecule has 2 rings (SSSR count). The number of Topliss-reactive ketones (excluding diaryl/α,β-unsaturated/α-hetero) is 1. The number of nitrogens with zero attached hydrogens (tertiary/aromatic N) is 2. The van der Waals surface area contributed by atoms with Gasteiger partial charge in [-0.05, 0) is 65.9 Å². The van der Waals surface area contributed by atoms with E-state index < -0.39 is 0 Å². The summed E-state index contributed by atoms with van der Waals surface area (Å²) in [5.41, 5.74) is 3.13. The molecule has 0 amide bonds. The Morgan fingerprint density at radius 1 is 1.38 bits per heavy atom. The molecule has 3 heteroatoms. The molecule has 3 nitrogen and oxygen atoms in total. The van der Waals surface area contributed by atoms with Crippen molar-refractivity contribution in [2.45, 2.75) is 45.7 Å². The number of hydrogen-bond acceptors (Lipinski definition) is 3. The Bertz CT molecular complexity index is 510. The Balaban J connectivity index is 2.16. The fourth-order valence-electron chi connectivity index (χ4n) is 3.36. The van der Waals surface area contributed by atoms with Gasteiger partial charge in [0.2, 0.25) is 0 Å². The highest BCUT2D eigenvalue weighted by atomic mass is 16.1. The van der Waals surface area contributed by atoms with Crippen LogP contribution in [0.15, 0.2) is 18.2 Å². The highest BCUT2D eigenvalue weighted by molar-refractivity contribution is 6.01. The molecule has 2 unspecified atom stereocenters. The van der Waals surface area contributed by atoms with Gasteiger partial charge in [-0.15, -0.1) is 0 Å². The molecule has 21 heavy (non-hydrogen) atoms. The summed E-state index contributed by atoms with van der Waals surface area (Å²) < 4.78 is 0. The first-order valence-electron chi connectivity index (χ1n) is 7.92. The summed E-state index contributed by atoms with van der Waals surface area (Å²) in [5.74, 6) is 0.266. The molecule has 1 aromatic carbocycles. The molecule has 0 aromatic heterocycles. The van der Waals surface area contributed by atoms with Gasteiger partial charge in [0.15, 0.2) is 5.78 Å². The monoisotopic (exact) mass is 288 g/mol. The van der Waals surface area contributed by atoms with Gasteiger partial charge < -0.3 is 4.90 Å². The van der Waals surface area contributed by atoms with Gasteiger partial charge in [-0.3, -0.25) is 9.69 Å². The van der Waals surface area contributed by atoms with Gasteiger partial charge in [0, 0.05) is 18.2 Å². The van der Waals surface area contributed by atoms with Gasteiger partial charge >= 0.3 is 0 Å². The van der Waals surface area contributed by atoms with Gasteiger partial charge in [0.25, 0.3) is 0 Å². The number of benzene rings is 1. The Hall–Kier alpha value is -1.19. The van der Waals surface area contributed by atoms with E-state index in [9.17, 15) is 4.79 Å². The van der Waals surface area contributed by atoms with E-state index in [4.69, 9.17) is 0 Å². The van der Waals surface area contributed by atoms with Crippen LogP contribution in [0.25, 0.3) is 0 Å². The maximum absolute atomic E-state index is 12.9. The summed E-state index contributed by atoms with van der Waals surface area (Å²) in [6.07, 6.45) is 2.39. The first-order valence-corrected chi connectivity index (χ1v) is 7.92. The third-order valence-corrected chi connectivity index (χ3v) is 4.53. The number of carbonyl (C=O) groups is 1. The molecule has 2 atom stereocenters. The molecule has 1 aliphatic heterocycles. The largest absolute Gasteiger partial charge is 0.308 e. The van der Waals surface area contributed by atoms with Crippen LogP contribution in [-0.2, 0) is 0 Å². The summed E-state index contributed by atoms with van der Waals surface area (Å²) in [5, 5.41) is 0. The van der Waals surface area contributed by atoms with Gasteiger partial charge in [0.1, 0.15) is 0 Å². The molecular formula is C18H28N2O. The Morgan fingerprint density at radius 3 is 2.76 bits per heavy atom. The van der Waals surface area contributed by atoms with E-state index in [1.165, 1.54) is 12.8 Å². The number of hydrogen-bond donors (Lipinski definition) is 0. The highest BCUT2D eigenvalue weighted by Gasteiger charge is 2.32. The highest BCUT2D eigenvalue weighted by Crippen LogP contribution is 2.23. The average Bonchev–Trinajstić information content (AvgIpc) is 2.87. The fourth-order valence-corrected chi connectivity index (χ4v) is 3.36. The molecule has 1 fully saturated rings. The zero-order valence-electron chi connectivity index (χ0n) is 14.0. The third-order valence-electron chi connectivity index (χ3n) is 4.53. The first kappa shape index (κ1) is 16.2. The van der Waals surface area contributed by atoms with Crippen LogP contribution in [0, 0.1) is 13.8 Å². The zero-order chi connectivity index (χ0) is 15.6. The smallest absolute Gasteiger partial charge is 0.179 e. The van der Waals surface area contributed by atoms with E-state index in [-0.39, 0.29) is 11.8 Å². The standard InChI is InChI=1S/C18H28N2O/c1-13-8-9-14(2)17(11-13)18(21)15(3)20-10-6-7-16(20)12-19(4)5/h8-9,11,15-16H,6-7,10,12H2,1-5H3. The Labute approximate surface area is 128 Å². The maximum atomic E-state index is 12.9. The quantitative estimate of drug-likeness (QED) is 0.778. The molecule has 1 saturated heterocycles. The zero-order valence-corrected chi connectivity index (χ0v) is 14.0. The Kier molecular flexibility index (Phi) is 5.17. The predicted octanol–water partition coefficient (Wildman–Crippen LogP) is 2.90. The molecule has 0 bridgehead atoms. The summed E-state index contributed by atoms with van der Waals surface area (Å²) >= 11 is 0. The van der Waals surface area contributed by atoms with Crippen molar-refractivity contribution >= 4 is 5.78 Å². The maximum Gasteiger partial charge on any atom is 0.179 e. The summed E-state index contributed by atoms with van der Waals surface area (Å²) in [4.78, 5) is 17.5. The topological polar surface area (TPSA) is 23.6 Å². The van der Waals surface area contributed by atoms with Gasteiger partial charge in [-0.1, -0.05) is 17.7 Å². The van der Waals surface area contributed by atoms with Crippen molar-refractivity contribution in [3.8, 4) is 0 Å². The van der Waals surface area contributed by atoms with Gasteiger partial charge in [0.05, 0.1) is 6.04 Å². The number of rotatable bonds is 5. The van der Waals surface area contributed by atoms with Crippen LogP contribution >= 0.6 is 0 Å². The van der Waals surface area contributed by atoms with Crippen LogP contribution in [0.1, 0.15) is 41.3 Å². The molecule has 0 aliphatic carbocycles. The third kappa shape index (κ3) is 3.72. The lowest BCUT2D eigenvalue weighted by Crippen LogP contribution is -2.46. The van der Waals surface area contributed by atoms with Crippen LogP contribution in [0.4, 0.5) is 0 Å². The number of likely N-dealkylation sites (tertiary alicyclic amines) is 1. The van der Waals surface area contributed by atoms with E-state index in [2.05, 4.69) is 43.0 Å². The predicted molar refractivity (Wildman–Crippen MR) is 88.0 cm³/mol. The minimum atomic E-state index is -0.0297. The van der Waals surface area contributed by atoms with Crippen molar-refractivity contribution in [1.82, 2.24) is 9.80 Å². The molecule has 1 heterocycles. The minimum Gasteiger partial charge on any atom is -0.308 e. The molecule has 116 valence electrons. The lowest BCUT2D eigenvalue weighted by molar-refractivity contribution is 0.0798. The van der Waals surface area contributed by atoms with Crippen LogP contribution in [0.2, 0.25) is 0 Å². The summed E-state index contributed by atoms with van der Waals surface area (Å²) in [7, 11) is 4.21. The van der Waals surface area contributed by atoms with E-state index in [1.807, 2.05) is 19.9 Å². The molecule has 0 radical (unpaired) electrons. The van der Waals surface area contributed by atoms with E-state index in [1.54, 1.807) is 0 Å². The molecular weight excluding hydrogens is 260 g/mol. The summed E-state index contributed by atoms with van der Waals surface area (Å²) in [6, 6.07) is 6.63. The van der Waals surface area contributed by atoms with Gasteiger partial charge in [-0.2, -0.15) is 0 Å². The second-order valence-electron chi connectivity index (χ2n) is 6.65. The molecule has 0 spiro atoms. The molecule has 0 saturated carbocycles. The van der Waals surface area contributed by atoms with Crippen LogP contribution in [0.3, 0.4) is 0 Å². The van der Waals surface area contributed by atoms with Crippen molar-refractivity contribution in [3.63, 3.8) is 0 Å². The lowest BCUT2D eigenvalue weighted by atomic mass is 9.97. The van der Waals surface area contributed by atoms with Crippen LogP contribution in [-0.4, -0.2) is 54.9 Å². The second-order valence-corrected chi connectivity index (χ2v) is 6.65. The van der Waals surface area contributed by atoms with Crippen molar-refractivity contribution in [2.24, 2.45) is 0 Å². The van der Waals surface area contributed by atoms with E-state index in [0.717, 1.165) is 29.8 Å². The van der Waals surface area contributed by atoms with Crippen molar-refractivity contribution < 1.29 is 4.79 Å². The van der Waals surface area contributed by atoms with Crippen LogP contribution < -0.4 is 0 Å².